The second kappa shape index (κ2) is 10.6. The number of ether oxygens (including phenoxy) is 2. The van der Waals surface area contributed by atoms with Gasteiger partial charge in [0.2, 0.25) is 0 Å². The molecule has 0 aliphatic carbocycles. The number of hydrogen-bond acceptors (Lipinski definition) is 4. The van der Waals surface area contributed by atoms with Crippen LogP contribution in [0.15, 0.2) is 24.3 Å². The minimum Gasteiger partial charge on any atom is -0.494 e. The molecule has 0 saturated carbocycles. The molecule has 0 atom stereocenters. The fraction of sp³-hybridized carbons (Fsp3) is 0.500. The van der Waals surface area contributed by atoms with E-state index in [4.69, 9.17) is 9.47 Å². The summed E-state index contributed by atoms with van der Waals surface area (Å²) in [7, 11) is 1.53. The first kappa shape index (κ1) is 18.0. The highest BCUT2D eigenvalue weighted by Gasteiger charge is 2.12. The number of anilines is 1. The molecule has 0 radical (unpaired) electrons. The van der Waals surface area contributed by atoms with Crippen LogP contribution in [0.1, 0.15) is 26.2 Å². The first-order valence-corrected chi connectivity index (χ1v) is 7.48. The van der Waals surface area contributed by atoms with Gasteiger partial charge in [-0.05, 0) is 30.7 Å². The Balaban J connectivity index is 2.36. The van der Waals surface area contributed by atoms with Gasteiger partial charge in [0.05, 0.1) is 13.2 Å². The topological polar surface area (TPSA) is 76.7 Å². The van der Waals surface area contributed by atoms with Crippen LogP contribution in [0.2, 0.25) is 0 Å². The van der Waals surface area contributed by atoms with Crippen LogP contribution in [-0.2, 0) is 14.3 Å². The molecule has 0 fully saturated rings. The largest absolute Gasteiger partial charge is 0.494 e. The second-order valence-electron chi connectivity index (χ2n) is 4.78. The monoisotopic (exact) mass is 308 g/mol. The van der Waals surface area contributed by atoms with Gasteiger partial charge in [-0.2, -0.15) is 0 Å². The fourth-order valence-corrected chi connectivity index (χ4v) is 1.71. The molecule has 22 heavy (non-hydrogen) atoms. The number of hydrogen-bond donors (Lipinski definition) is 2. The van der Waals surface area contributed by atoms with Crippen LogP contribution in [0.5, 0.6) is 5.75 Å². The molecule has 6 nitrogen and oxygen atoms in total. The summed E-state index contributed by atoms with van der Waals surface area (Å²) < 4.78 is 10.4. The van der Waals surface area contributed by atoms with Gasteiger partial charge in [-0.1, -0.05) is 19.8 Å². The maximum absolute atomic E-state index is 11.6. The van der Waals surface area contributed by atoms with Crippen molar-refractivity contribution in [1.82, 2.24) is 5.32 Å². The van der Waals surface area contributed by atoms with E-state index < -0.39 is 11.8 Å². The molecule has 0 saturated heterocycles. The summed E-state index contributed by atoms with van der Waals surface area (Å²) in [4.78, 5) is 23.1. The van der Waals surface area contributed by atoms with E-state index in [1.54, 1.807) is 24.3 Å². The molecule has 0 heterocycles. The van der Waals surface area contributed by atoms with E-state index in [1.165, 1.54) is 7.11 Å². The van der Waals surface area contributed by atoms with E-state index in [1.807, 2.05) is 0 Å². The van der Waals surface area contributed by atoms with E-state index in [-0.39, 0.29) is 0 Å². The highest BCUT2D eigenvalue weighted by Crippen LogP contribution is 2.16. The van der Waals surface area contributed by atoms with Crippen molar-refractivity contribution in [3.8, 4) is 5.75 Å². The zero-order chi connectivity index (χ0) is 16.2. The first-order valence-electron chi connectivity index (χ1n) is 7.48. The summed E-state index contributed by atoms with van der Waals surface area (Å²) in [6.07, 6.45) is 3.32. The normalized spacial score (nSPS) is 10.1. The van der Waals surface area contributed by atoms with Crippen LogP contribution < -0.4 is 15.4 Å². The predicted molar refractivity (Wildman–Crippen MR) is 85.0 cm³/mol. The molecule has 0 unspecified atom stereocenters. The predicted octanol–water partition coefficient (Wildman–Crippen LogP) is 1.96. The number of benzene rings is 1. The molecule has 0 aliphatic rings. The summed E-state index contributed by atoms with van der Waals surface area (Å²) in [5, 5.41) is 4.98. The molecule has 0 bridgehead atoms. The number of unbranched alkanes of at least 4 members (excludes halogenated alkanes) is 2. The Bertz CT molecular complexity index is 460. The van der Waals surface area contributed by atoms with Crippen LogP contribution in [-0.4, -0.2) is 38.7 Å². The van der Waals surface area contributed by atoms with Crippen LogP contribution in [0.3, 0.4) is 0 Å². The number of carbonyl (C=O) groups excluding carboxylic acids is 2. The third kappa shape index (κ3) is 7.08. The van der Waals surface area contributed by atoms with Crippen LogP contribution in [0.4, 0.5) is 5.69 Å². The number of amides is 2. The maximum atomic E-state index is 11.6. The average Bonchev–Trinajstić information content (AvgIpc) is 2.53. The molecular formula is C16H24N2O4. The number of carbonyl (C=O) groups is 2. The fourth-order valence-electron chi connectivity index (χ4n) is 1.71. The van der Waals surface area contributed by atoms with Crippen molar-refractivity contribution in [3.63, 3.8) is 0 Å². The molecule has 0 aliphatic heterocycles. The SMILES string of the molecule is CCCCCOc1ccc(NC(=O)C(=O)NCCOC)cc1. The lowest BCUT2D eigenvalue weighted by Gasteiger charge is -2.08. The maximum Gasteiger partial charge on any atom is 0.313 e. The van der Waals surface area contributed by atoms with E-state index in [9.17, 15) is 9.59 Å². The second-order valence-corrected chi connectivity index (χ2v) is 4.78. The van der Waals surface area contributed by atoms with Crippen molar-refractivity contribution in [1.29, 1.82) is 0 Å². The molecule has 122 valence electrons. The van der Waals surface area contributed by atoms with E-state index >= 15 is 0 Å². The Kier molecular flexibility index (Phi) is 8.67. The van der Waals surface area contributed by atoms with Gasteiger partial charge < -0.3 is 20.1 Å². The minimum atomic E-state index is -0.701. The van der Waals surface area contributed by atoms with E-state index in [2.05, 4.69) is 17.6 Å². The first-order chi connectivity index (χ1) is 10.7. The van der Waals surface area contributed by atoms with Gasteiger partial charge in [-0.25, -0.2) is 0 Å². The smallest absolute Gasteiger partial charge is 0.313 e. The van der Waals surface area contributed by atoms with Crippen molar-refractivity contribution < 1.29 is 19.1 Å². The van der Waals surface area contributed by atoms with Crippen molar-refractivity contribution >= 4 is 17.5 Å². The minimum absolute atomic E-state index is 0.299. The molecule has 6 heteroatoms. The molecule has 0 spiro atoms. The Morgan fingerprint density at radius 3 is 2.41 bits per heavy atom. The van der Waals surface area contributed by atoms with Crippen LogP contribution >= 0.6 is 0 Å². The zero-order valence-corrected chi connectivity index (χ0v) is 13.2. The van der Waals surface area contributed by atoms with E-state index in [0.29, 0.717) is 25.4 Å². The average molecular weight is 308 g/mol. The standard InChI is InChI=1S/C16H24N2O4/c1-3-4-5-11-22-14-8-6-13(7-9-14)18-16(20)15(19)17-10-12-21-2/h6-9H,3-5,10-12H2,1-2H3,(H,17,19)(H,18,20). The Hall–Kier alpha value is -2.08. The Morgan fingerprint density at radius 2 is 1.77 bits per heavy atom. The third-order valence-electron chi connectivity index (χ3n) is 2.93. The lowest BCUT2D eigenvalue weighted by atomic mass is 10.2. The van der Waals surface area contributed by atoms with Crippen molar-refractivity contribution in [3.05, 3.63) is 24.3 Å². The van der Waals surface area contributed by atoms with E-state index in [0.717, 1.165) is 25.0 Å². The van der Waals surface area contributed by atoms with Gasteiger partial charge in [0, 0.05) is 19.3 Å². The van der Waals surface area contributed by atoms with Gasteiger partial charge in [0.15, 0.2) is 0 Å². The van der Waals surface area contributed by atoms with Crippen LogP contribution in [0, 0.1) is 0 Å². The number of nitrogens with one attached hydrogen (secondary N) is 2. The molecule has 1 rings (SSSR count). The molecule has 2 N–H and O–H groups in total. The van der Waals surface area contributed by atoms with Gasteiger partial charge >= 0.3 is 11.8 Å². The Morgan fingerprint density at radius 1 is 1.05 bits per heavy atom. The van der Waals surface area contributed by atoms with Crippen LogP contribution in [0.25, 0.3) is 0 Å². The van der Waals surface area contributed by atoms with Gasteiger partial charge in [-0.15, -0.1) is 0 Å². The highest BCUT2D eigenvalue weighted by atomic mass is 16.5. The summed E-state index contributed by atoms with van der Waals surface area (Å²) in [6.45, 7) is 3.49. The zero-order valence-electron chi connectivity index (χ0n) is 13.2. The quantitative estimate of drug-likeness (QED) is 0.540. The van der Waals surface area contributed by atoms with Gasteiger partial charge in [0.25, 0.3) is 0 Å². The van der Waals surface area contributed by atoms with Gasteiger partial charge in [0.1, 0.15) is 5.75 Å². The van der Waals surface area contributed by atoms with Crippen molar-refractivity contribution in [2.45, 2.75) is 26.2 Å². The number of rotatable bonds is 9. The third-order valence-corrected chi connectivity index (χ3v) is 2.93. The summed E-state index contributed by atoms with van der Waals surface area (Å²) >= 11 is 0. The highest BCUT2D eigenvalue weighted by molar-refractivity contribution is 6.39. The molecule has 0 aromatic heterocycles. The summed E-state index contributed by atoms with van der Waals surface area (Å²) in [5.74, 6) is -0.636. The van der Waals surface area contributed by atoms with Crippen molar-refractivity contribution in [2.24, 2.45) is 0 Å². The lowest BCUT2D eigenvalue weighted by Crippen LogP contribution is -2.37. The Labute approximate surface area is 131 Å². The molecule has 1 aromatic rings. The molecule has 1 aromatic carbocycles. The molecular weight excluding hydrogens is 284 g/mol. The van der Waals surface area contributed by atoms with Crippen molar-refractivity contribution in [2.75, 3.05) is 32.2 Å². The lowest BCUT2D eigenvalue weighted by molar-refractivity contribution is -0.136. The number of methoxy groups -OCH3 is 1. The molecule has 2 amide bonds. The summed E-state index contributed by atoms with van der Waals surface area (Å²) in [5.41, 5.74) is 0.549. The van der Waals surface area contributed by atoms with Gasteiger partial charge in [-0.3, -0.25) is 9.59 Å². The summed E-state index contributed by atoms with van der Waals surface area (Å²) in [6, 6.07) is 6.94.